The van der Waals surface area contributed by atoms with Gasteiger partial charge in [0.05, 0.1) is 0 Å². The van der Waals surface area contributed by atoms with E-state index >= 15 is 0 Å². The SMILES string of the molecule is C[C@H](NC(=O)OC(C)(C)C)C(=O)NCc1ccc(CN2CCCCCC2)cc1. The van der Waals surface area contributed by atoms with Crippen LogP contribution in [0.4, 0.5) is 4.79 Å². The van der Waals surface area contributed by atoms with E-state index in [0.717, 1.165) is 12.1 Å². The van der Waals surface area contributed by atoms with Gasteiger partial charge in [-0.25, -0.2) is 4.79 Å². The maximum absolute atomic E-state index is 12.2. The van der Waals surface area contributed by atoms with Gasteiger partial charge in [-0.3, -0.25) is 9.69 Å². The monoisotopic (exact) mass is 389 g/mol. The van der Waals surface area contributed by atoms with Crippen molar-refractivity contribution < 1.29 is 14.3 Å². The van der Waals surface area contributed by atoms with Crippen LogP contribution in [0.3, 0.4) is 0 Å². The first-order valence-electron chi connectivity index (χ1n) is 10.3. The number of rotatable bonds is 6. The molecule has 28 heavy (non-hydrogen) atoms. The second kappa shape index (κ2) is 10.5. The average molecular weight is 390 g/mol. The second-order valence-electron chi connectivity index (χ2n) is 8.59. The van der Waals surface area contributed by atoms with Gasteiger partial charge < -0.3 is 15.4 Å². The van der Waals surface area contributed by atoms with Crippen LogP contribution in [0, 0.1) is 0 Å². The molecule has 2 rings (SSSR count). The molecule has 1 fully saturated rings. The van der Waals surface area contributed by atoms with Crippen LogP contribution in [-0.4, -0.2) is 41.6 Å². The molecular weight excluding hydrogens is 354 g/mol. The van der Waals surface area contributed by atoms with Crippen LogP contribution >= 0.6 is 0 Å². The third kappa shape index (κ3) is 8.30. The number of alkyl carbamates (subject to hydrolysis) is 1. The highest BCUT2D eigenvalue weighted by atomic mass is 16.6. The number of benzene rings is 1. The molecule has 1 aliphatic rings. The fourth-order valence-corrected chi connectivity index (χ4v) is 3.21. The van der Waals surface area contributed by atoms with Crippen LogP contribution in [0.5, 0.6) is 0 Å². The Morgan fingerprint density at radius 1 is 1.04 bits per heavy atom. The van der Waals surface area contributed by atoms with Crippen LogP contribution in [0.1, 0.15) is 64.5 Å². The van der Waals surface area contributed by atoms with Crippen LogP contribution in [0.15, 0.2) is 24.3 Å². The molecule has 156 valence electrons. The Labute approximate surface area is 169 Å². The Balaban J connectivity index is 1.75. The van der Waals surface area contributed by atoms with Crippen molar-refractivity contribution in [2.45, 2.75) is 78.1 Å². The summed E-state index contributed by atoms with van der Waals surface area (Å²) in [7, 11) is 0. The third-order valence-electron chi connectivity index (χ3n) is 4.72. The number of amides is 2. The van der Waals surface area contributed by atoms with Gasteiger partial charge in [-0.05, 0) is 64.8 Å². The summed E-state index contributed by atoms with van der Waals surface area (Å²) in [5.41, 5.74) is 1.75. The first-order chi connectivity index (χ1) is 13.2. The number of hydrogen-bond acceptors (Lipinski definition) is 4. The standard InChI is InChI=1S/C22H35N3O3/c1-17(24-21(27)28-22(2,3)4)20(26)23-15-18-9-11-19(12-10-18)16-25-13-7-5-6-8-14-25/h9-12,17H,5-8,13-16H2,1-4H3,(H,23,26)(H,24,27)/t17-/m0/s1. The number of carbonyl (C=O) groups is 2. The highest BCUT2D eigenvalue weighted by Crippen LogP contribution is 2.14. The fraction of sp³-hybridized carbons (Fsp3) is 0.636. The quantitative estimate of drug-likeness (QED) is 0.780. The maximum Gasteiger partial charge on any atom is 0.408 e. The number of nitrogens with zero attached hydrogens (tertiary/aromatic N) is 1. The molecule has 1 aromatic rings. The van der Waals surface area contributed by atoms with E-state index in [4.69, 9.17) is 4.74 Å². The summed E-state index contributed by atoms with van der Waals surface area (Å²) in [6.45, 7) is 10.8. The molecule has 0 spiro atoms. The minimum Gasteiger partial charge on any atom is -0.444 e. The first kappa shape index (κ1) is 22.2. The predicted molar refractivity (Wildman–Crippen MR) is 111 cm³/mol. The van der Waals surface area contributed by atoms with Crippen LogP contribution < -0.4 is 10.6 Å². The number of carbonyl (C=O) groups excluding carboxylic acids is 2. The number of likely N-dealkylation sites (tertiary alicyclic amines) is 1. The molecule has 0 saturated carbocycles. The Kier molecular flexibility index (Phi) is 8.30. The fourth-order valence-electron chi connectivity index (χ4n) is 3.21. The summed E-state index contributed by atoms with van der Waals surface area (Å²) in [6.07, 6.45) is 4.68. The van der Waals surface area contributed by atoms with E-state index in [1.54, 1.807) is 27.7 Å². The summed E-state index contributed by atoms with van der Waals surface area (Å²) in [4.78, 5) is 26.5. The Bertz CT molecular complexity index is 629. The van der Waals surface area contributed by atoms with Gasteiger partial charge in [-0.15, -0.1) is 0 Å². The van der Waals surface area contributed by atoms with E-state index in [1.165, 1.54) is 44.3 Å². The summed E-state index contributed by atoms with van der Waals surface area (Å²) in [6, 6.07) is 7.72. The predicted octanol–water partition coefficient (Wildman–Crippen LogP) is 3.59. The molecule has 2 N–H and O–H groups in total. The number of ether oxygens (including phenoxy) is 1. The van der Waals surface area contributed by atoms with Crippen molar-refractivity contribution in [1.82, 2.24) is 15.5 Å². The molecular formula is C22H35N3O3. The zero-order chi connectivity index (χ0) is 20.6. The third-order valence-corrected chi connectivity index (χ3v) is 4.72. The zero-order valence-electron chi connectivity index (χ0n) is 17.7. The van der Waals surface area contributed by atoms with Crippen molar-refractivity contribution in [3.63, 3.8) is 0 Å². The first-order valence-corrected chi connectivity index (χ1v) is 10.3. The normalized spacial score (nSPS) is 16.7. The Hall–Kier alpha value is -2.08. The highest BCUT2D eigenvalue weighted by Gasteiger charge is 2.20. The largest absolute Gasteiger partial charge is 0.444 e. The second-order valence-corrected chi connectivity index (χ2v) is 8.59. The molecule has 1 atom stereocenters. The molecule has 0 aliphatic carbocycles. The lowest BCUT2D eigenvalue weighted by Crippen LogP contribution is -2.46. The Morgan fingerprint density at radius 2 is 1.61 bits per heavy atom. The van der Waals surface area contributed by atoms with Gasteiger partial charge in [-0.2, -0.15) is 0 Å². The van der Waals surface area contributed by atoms with Crippen molar-refractivity contribution in [2.24, 2.45) is 0 Å². The van der Waals surface area contributed by atoms with E-state index in [-0.39, 0.29) is 5.91 Å². The van der Waals surface area contributed by atoms with Crippen LogP contribution in [-0.2, 0) is 22.6 Å². The van der Waals surface area contributed by atoms with E-state index in [0.29, 0.717) is 6.54 Å². The van der Waals surface area contributed by atoms with Gasteiger partial charge in [-0.1, -0.05) is 37.1 Å². The topological polar surface area (TPSA) is 70.7 Å². The summed E-state index contributed by atoms with van der Waals surface area (Å²) >= 11 is 0. The lowest BCUT2D eigenvalue weighted by atomic mass is 10.1. The molecule has 0 unspecified atom stereocenters. The van der Waals surface area contributed by atoms with E-state index in [1.807, 2.05) is 0 Å². The van der Waals surface area contributed by atoms with Gasteiger partial charge in [0.25, 0.3) is 0 Å². The average Bonchev–Trinajstić information content (AvgIpc) is 2.87. The highest BCUT2D eigenvalue weighted by molar-refractivity contribution is 5.85. The van der Waals surface area contributed by atoms with E-state index < -0.39 is 17.7 Å². The van der Waals surface area contributed by atoms with Gasteiger partial charge in [0.15, 0.2) is 0 Å². The van der Waals surface area contributed by atoms with Crippen LogP contribution in [0.25, 0.3) is 0 Å². The van der Waals surface area contributed by atoms with Gasteiger partial charge >= 0.3 is 6.09 Å². The summed E-state index contributed by atoms with van der Waals surface area (Å²) < 4.78 is 5.17. The van der Waals surface area contributed by atoms with Gasteiger partial charge in [0.2, 0.25) is 5.91 Å². The number of hydrogen-bond donors (Lipinski definition) is 2. The molecule has 6 nitrogen and oxygen atoms in total. The smallest absolute Gasteiger partial charge is 0.408 e. The van der Waals surface area contributed by atoms with E-state index in [9.17, 15) is 9.59 Å². The lowest BCUT2D eigenvalue weighted by molar-refractivity contribution is -0.122. The van der Waals surface area contributed by atoms with Crippen molar-refractivity contribution in [2.75, 3.05) is 13.1 Å². The number of nitrogens with one attached hydrogen (secondary N) is 2. The molecule has 0 bridgehead atoms. The van der Waals surface area contributed by atoms with Crippen molar-refractivity contribution in [3.8, 4) is 0 Å². The summed E-state index contributed by atoms with van der Waals surface area (Å²) in [5, 5.41) is 5.41. The molecule has 1 aromatic carbocycles. The zero-order valence-corrected chi connectivity index (χ0v) is 17.7. The van der Waals surface area contributed by atoms with Crippen LogP contribution in [0.2, 0.25) is 0 Å². The lowest BCUT2D eigenvalue weighted by Gasteiger charge is -2.21. The molecule has 6 heteroatoms. The van der Waals surface area contributed by atoms with Crippen molar-refractivity contribution in [3.05, 3.63) is 35.4 Å². The van der Waals surface area contributed by atoms with Crippen molar-refractivity contribution >= 4 is 12.0 Å². The van der Waals surface area contributed by atoms with Gasteiger partial charge in [0.1, 0.15) is 11.6 Å². The molecule has 0 radical (unpaired) electrons. The molecule has 2 amide bonds. The molecule has 1 aliphatic heterocycles. The van der Waals surface area contributed by atoms with Crippen molar-refractivity contribution in [1.29, 1.82) is 0 Å². The molecule has 1 heterocycles. The minimum atomic E-state index is -0.655. The minimum absolute atomic E-state index is 0.237. The maximum atomic E-state index is 12.2. The summed E-state index contributed by atoms with van der Waals surface area (Å²) in [5.74, 6) is -0.237. The van der Waals surface area contributed by atoms with E-state index in [2.05, 4.69) is 39.8 Å². The molecule has 1 saturated heterocycles. The molecule has 0 aromatic heterocycles. The Morgan fingerprint density at radius 3 is 2.18 bits per heavy atom. The van der Waals surface area contributed by atoms with Gasteiger partial charge in [0, 0.05) is 13.1 Å².